The number of carbonyl (C=O) groups is 3. The van der Waals surface area contributed by atoms with Crippen LogP contribution in [-0.4, -0.2) is 45.5 Å². The van der Waals surface area contributed by atoms with Crippen molar-refractivity contribution < 1.29 is 14.4 Å². The quantitative estimate of drug-likeness (QED) is 0.734. The summed E-state index contributed by atoms with van der Waals surface area (Å²) in [4.78, 5) is 38.6. The Morgan fingerprint density at radius 3 is 2.57 bits per heavy atom. The first-order valence-electron chi connectivity index (χ1n) is 9.91. The number of anilines is 2. The van der Waals surface area contributed by atoms with Gasteiger partial charge in [0.05, 0.1) is 22.3 Å². The van der Waals surface area contributed by atoms with E-state index in [2.05, 4.69) is 15.7 Å². The van der Waals surface area contributed by atoms with Gasteiger partial charge in [-0.15, -0.1) is 0 Å². The Hall–Kier alpha value is -2.87. The summed E-state index contributed by atoms with van der Waals surface area (Å²) < 4.78 is 1.66. The molecule has 160 valence electrons. The molecule has 1 aliphatic heterocycles. The molecule has 2 unspecified atom stereocenters. The van der Waals surface area contributed by atoms with E-state index in [-0.39, 0.29) is 30.1 Å². The second kappa shape index (κ2) is 8.87. The molecule has 0 saturated carbocycles. The Morgan fingerprint density at radius 1 is 1.27 bits per heavy atom. The number of likely N-dealkylation sites (tertiary alicyclic amines) is 1. The monoisotopic (exact) mass is 431 g/mol. The van der Waals surface area contributed by atoms with Crippen molar-refractivity contribution in [3.8, 4) is 0 Å². The molecule has 1 saturated heterocycles. The van der Waals surface area contributed by atoms with E-state index in [1.807, 2.05) is 26.8 Å². The molecule has 2 atom stereocenters. The molecule has 0 bridgehead atoms. The molecule has 3 rings (SSSR count). The summed E-state index contributed by atoms with van der Waals surface area (Å²) >= 11 is 6.32. The number of hydrogen-bond donors (Lipinski definition) is 2. The minimum atomic E-state index is -0.504. The predicted molar refractivity (Wildman–Crippen MR) is 115 cm³/mol. The molecular formula is C21H26ClN5O3. The van der Waals surface area contributed by atoms with Crippen LogP contribution in [-0.2, 0) is 14.4 Å². The maximum absolute atomic E-state index is 12.6. The molecule has 0 aliphatic carbocycles. The molecule has 9 heteroatoms. The van der Waals surface area contributed by atoms with E-state index in [0.29, 0.717) is 29.5 Å². The van der Waals surface area contributed by atoms with Gasteiger partial charge < -0.3 is 15.5 Å². The highest BCUT2D eigenvalue weighted by molar-refractivity contribution is 6.34. The largest absolute Gasteiger partial charge is 0.342 e. The molecule has 3 amide bonds. The lowest BCUT2D eigenvalue weighted by Gasteiger charge is -2.16. The number of nitrogens with zero attached hydrogens (tertiary/aromatic N) is 3. The third-order valence-corrected chi connectivity index (χ3v) is 5.57. The van der Waals surface area contributed by atoms with Crippen molar-refractivity contribution in [3.05, 3.63) is 40.7 Å². The summed E-state index contributed by atoms with van der Waals surface area (Å²) in [6, 6.07) is 6.29. The van der Waals surface area contributed by atoms with Gasteiger partial charge >= 0.3 is 0 Å². The van der Waals surface area contributed by atoms with Gasteiger partial charge in [-0.1, -0.05) is 11.6 Å². The Morgan fingerprint density at radius 2 is 2.00 bits per heavy atom. The minimum Gasteiger partial charge on any atom is -0.342 e. The second-order valence-electron chi connectivity index (χ2n) is 7.55. The normalized spacial score (nSPS) is 17.2. The third-order valence-electron chi connectivity index (χ3n) is 5.25. The number of nitrogens with one attached hydrogen (secondary N) is 2. The van der Waals surface area contributed by atoms with Crippen LogP contribution in [0.25, 0.3) is 0 Å². The Labute approximate surface area is 180 Å². The fourth-order valence-electron chi connectivity index (χ4n) is 3.58. The van der Waals surface area contributed by atoms with Crippen molar-refractivity contribution in [2.75, 3.05) is 23.7 Å². The molecule has 2 N–H and O–H groups in total. The average molecular weight is 432 g/mol. The van der Waals surface area contributed by atoms with Gasteiger partial charge in [-0.2, -0.15) is 5.10 Å². The van der Waals surface area contributed by atoms with Gasteiger partial charge in [-0.3, -0.25) is 19.1 Å². The van der Waals surface area contributed by atoms with Crippen molar-refractivity contribution >= 4 is 40.7 Å². The van der Waals surface area contributed by atoms with Gasteiger partial charge in [0, 0.05) is 30.9 Å². The first-order chi connectivity index (χ1) is 14.2. The maximum Gasteiger partial charge on any atom is 0.248 e. The van der Waals surface area contributed by atoms with E-state index in [1.165, 1.54) is 0 Å². The molecule has 1 aromatic carbocycles. The third kappa shape index (κ3) is 4.64. The van der Waals surface area contributed by atoms with E-state index >= 15 is 0 Å². The topological polar surface area (TPSA) is 96.3 Å². The lowest BCUT2D eigenvalue weighted by Crippen LogP contribution is -2.28. The highest BCUT2D eigenvalue weighted by Crippen LogP contribution is 2.27. The van der Waals surface area contributed by atoms with E-state index in [0.717, 1.165) is 11.4 Å². The summed E-state index contributed by atoms with van der Waals surface area (Å²) in [5, 5.41) is 10.3. The predicted octanol–water partition coefficient (Wildman–Crippen LogP) is 3.16. The van der Waals surface area contributed by atoms with E-state index in [4.69, 9.17) is 11.6 Å². The van der Waals surface area contributed by atoms with E-state index in [1.54, 1.807) is 34.7 Å². The summed E-state index contributed by atoms with van der Waals surface area (Å²) in [5.41, 5.74) is 2.70. The number of aryl methyl sites for hydroxylation is 2. The first kappa shape index (κ1) is 21.8. The Balaban J connectivity index is 1.64. The highest BCUT2D eigenvalue weighted by Gasteiger charge is 2.33. The van der Waals surface area contributed by atoms with E-state index in [9.17, 15) is 14.4 Å². The minimum absolute atomic E-state index is 0.00882. The van der Waals surface area contributed by atoms with Crippen molar-refractivity contribution in [2.24, 2.45) is 5.92 Å². The summed E-state index contributed by atoms with van der Waals surface area (Å²) in [7, 11) is 0. The zero-order valence-electron chi connectivity index (χ0n) is 17.5. The van der Waals surface area contributed by atoms with Crippen LogP contribution < -0.4 is 10.6 Å². The van der Waals surface area contributed by atoms with Crippen LogP contribution in [0.3, 0.4) is 0 Å². The SMILES string of the molecule is CCN1CC(C(=O)Nc2ccc(NC(=O)C(C)n3nc(C)cc3C)c(Cl)c2)CC1=O. The fourth-order valence-corrected chi connectivity index (χ4v) is 3.81. The van der Waals surface area contributed by atoms with Crippen molar-refractivity contribution in [1.29, 1.82) is 0 Å². The number of halogens is 1. The van der Waals surface area contributed by atoms with Gasteiger partial charge in [0.15, 0.2) is 0 Å². The number of hydrogen-bond acceptors (Lipinski definition) is 4. The van der Waals surface area contributed by atoms with Crippen LogP contribution in [0.4, 0.5) is 11.4 Å². The zero-order chi connectivity index (χ0) is 22.0. The standard InChI is InChI=1S/C21H26ClN5O3/c1-5-26-11-15(9-19(26)28)21(30)23-16-6-7-18(17(22)10-16)24-20(29)14(4)27-13(3)8-12(2)25-27/h6-8,10,14-15H,5,9,11H2,1-4H3,(H,23,30)(H,24,29). The molecule has 0 radical (unpaired) electrons. The highest BCUT2D eigenvalue weighted by atomic mass is 35.5. The van der Waals surface area contributed by atoms with Crippen molar-refractivity contribution in [3.63, 3.8) is 0 Å². The molecular weight excluding hydrogens is 406 g/mol. The van der Waals surface area contributed by atoms with Crippen molar-refractivity contribution in [1.82, 2.24) is 14.7 Å². The van der Waals surface area contributed by atoms with Crippen LogP contribution in [0.2, 0.25) is 5.02 Å². The maximum atomic E-state index is 12.6. The summed E-state index contributed by atoms with van der Waals surface area (Å²) in [6.07, 6.45) is 0.214. The number of amides is 3. The molecule has 30 heavy (non-hydrogen) atoms. The molecule has 2 heterocycles. The molecule has 8 nitrogen and oxygen atoms in total. The second-order valence-corrected chi connectivity index (χ2v) is 7.96. The van der Waals surface area contributed by atoms with Crippen LogP contribution in [0.5, 0.6) is 0 Å². The Kier molecular flexibility index (Phi) is 6.45. The summed E-state index contributed by atoms with van der Waals surface area (Å²) in [5.74, 6) is -0.850. The number of carbonyl (C=O) groups excluding carboxylic acids is 3. The van der Waals surface area contributed by atoms with E-state index < -0.39 is 6.04 Å². The lowest BCUT2D eigenvalue weighted by molar-refractivity contribution is -0.128. The van der Waals surface area contributed by atoms with Crippen molar-refractivity contribution in [2.45, 2.75) is 40.2 Å². The van der Waals surface area contributed by atoms with Crippen LogP contribution in [0, 0.1) is 19.8 Å². The molecule has 1 aromatic heterocycles. The van der Waals surface area contributed by atoms with Gasteiger partial charge in [0.2, 0.25) is 17.7 Å². The van der Waals surface area contributed by atoms with Crippen LogP contribution in [0.1, 0.15) is 37.7 Å². The smallest absolute Gasteiger partial charge is 0.248 e. The fraction of sp³-hybridized carbons (Fsp3) is 0.429. The van der Waals surface area contributed by atoms with Crippen LogP contribution in [0.15, 0.2) is 24.3 Å². The zero-order valence-corrected chi connectivity index (χ0v) is 18.3. The average Bonchev–Trinajstić information content (AvgIpc) is 3.24. The Bertz CT molecular complexity index is 987. The first-order valence-corrected chi connectivity index (χ1v) is 10.3. The number of aromatic nitrogens is 2. The molecule has 2 aromatic rings. The van der Waals surface area contributed by atoms with Gasteiger partial charge in [0.25, 0.3) is 0 Å². The summed E-state index contributed by atoms with van der Waals surface area (Å²) in [6.45, 7) is 8.44. The number of benzene rings is 1. The van der Waals surface area contributed by atoms with Gasteiger partial charge in [-0.25, -0.2) is 0 Å². The number of rotatable bonds is 6. The van der Waals surface area contributed by atoms with Crippen LogP contribution >= 0.6 is 11.6 Å². The lowest BCUT2D eigenvalue weighted by atomic mass is 10.1. The van der Waals surface area contributed by atoms with Gasteiger partial charge in [0.1, 0.15) is 6.04 Å². The van der Waals surface area contributed by atoms with Gasteiger partial charge in [-0.05, 0) is 52.0 Å². The molecule has 0 spiro atoms. The molecule has 1 fully saturated rings. The molecule has 1 aliphatic rings.